The minimum Gasteiger partial charge on any atom is -0.368 e. The number of nitrogens with one attached hydrogen (secondary N) is 1. The second-order valence-electron chi connectivity index (χ2n) is 6.54. The van der Waals surface area contributed by atoms with Crippen molar-refractivity contribution >= 4 is 5.91 Å². The molecule has 1 heterocycles. The minimum atomic E-state index is -0.425. The number of hydrogen-bond donors (Lipinski definition) is 2. The molecule has 116 valence electrons. The molecule has 3 N–H and O–H groups in total. The van der Waals surface area contributed by atoms with E-state index >= 15 is 0 Å². The van der Waals surface area contributed by atoms with Crippen LogP contribution in [0.5, 0.6) is 0 Å². The lowest BCUT2D eigenvalue weighted by Crippen LogP contribution is -2.58. The fourth-order valence-electron chi connectivity index (χ4n) is 3.98. The summed E-state index contributed by atoms with van der Waals surface area (Å²) in [5.41, 5.74) is 5.33. The van der Waals surface area contributed by atoms with Gasteiger partial charge in [-0.3, -0.25) is 4.79 Å². The first-order valence-corrected chi connectivity index (χ1v) is 8.46. The molecule has 0 bridgehead atoms. The Morgan fingerprint density at radius 2 is 2.05 bits per heavy atom. The van der Waals surface area contributed by atoms with Crippen molar-refractivity contribution < 1.29 is 4.79 Å². The van der Waals surface area contributed by atoms with Crippen LogP contribution < -0.4 is 11.1 Å². The number of carbonyl (C=O) groups is 1. The van der Waals surface area contributed by atoms with E-state index in [1.54, 1.807) is 0 Å². The summed E-state index contributed by atoms with van der Waals surface area (Å²) in [7, 11) is 0. The maximum atomic E-state index is 12.0. The largest absolute Gasteiger partial charge is 0.368 e. The molecule has 1 amide bonds. The number of amides is 1. The van der Waals surface area contributed by atoms with Crippen LogP contribution >= 0.6 is 0 Å². The molecule has 4 heteroatoms. The van der Waals surface area contributed by atoms with Crippen LogP contribution in [0, 0.1) is 5.92 Å². The number of nitrogens with two attached hydrogens (primary N) is 1. The fourth-order valence-corrected chi connectivity index (χ4v) is 3.98. The summed E-state index contributed by atoms with van der Waals surface area (Å²) in [6, 6.07) is 0. The van der Waals surface area contributed by atoms with Crippen LogP contribution in [-0.2, 0) is 4.79 Å². The molecule has 2 aliphatic rings. The molecule has 1 saturated heterocycles. The van der Waals surface area contributed by atoms with Crippen molar-refractivity contribution in [3.8, 4) is 0 Å². The molecule has 0 aromatic heterocycles. The number of hydrogen-bond acceptors (Lipinski definition) is 3. The number of primary amides is 1. The minimum absolute atomic E-state index is 0.132. The third kappa shape index (κ3) is 3.53. The standard InChI is InChI=1S/C16H31N3O/c1-2-10-18-16(15(17)20)9-6-7-14(16)8-13-19-11-4-3-5-12-19/h14,18H,2-13H2,1H3,(H2,17,20). The molecule has 2 fully saturated rings. The van der Waals surface area contributed by atoms with Crippen LogP contribution in [-0.4, -0.2) is 42.5 Å². The molecular formula is C16H31N3O. The fraction of sp³-hybridized carbons (Fsp3) is 0.938. The van der Waals surface area contributed by atoms with Crippen molar-refractivity contribution in [2.24, 2.45) is 11.7 Å². The van der Waals surface area contributed by atoms with E-state index in [1.165, 1.54) is 32.4 Å². The Bertz CT molecular complexity index is 315. The van der Waals surface area contributed by atoms with Gasteiger partial charge in [-0.25, -0.2) is 0 Å². The molecule has 0 spiro atoms. The van der Waals surface area contributed by atoms with Gasteiger partial charge in [0, 0.05) is 0 Å². The molecule has 2 atom stereocenters. The van der Waals surface area contributed by atoms with Crippen molar-refractivity contribution in [2.45, 2.75) is 63.8 Å². The highest BCUT2D eigenvalue weighted by Gasteiger charge is 2.46. The molecule has 0 aromatic rings. The summed E-state index contributed by atoms with van der Waals surface area (Å²) < 4.78 is 0. The van der Waals surface area contributed by atoms with Crippen LogP contribution in [0.1, 0.15) is 58.3 Å². The van der Waals surface area contributed by atoms with Crippen molar-refractivity contribution in [3.63, 3.8) is 0 Å². The van der Waals surface area contributed by atoms with E-state index in [4.69, 9.17) is 5.73 Å². The maximum absolute atomic E-state index is 12.0. The van der Waals surface area contributed by atoms with Crippen LogP contribution in [0.4, 0.5) is 0 Å². The van der Waals surface area contributed by atoms with Crippen molar-refractivity contribution in [2.75, 3.05) is 26.2 Å². The summed E-state index contributed by atoms with van der Waals surface area (Å²) in [5.74, 6) is 0.292. The molecule has 1 aliphatic carbocycles. The van der Waals surface area contributed by atoms with Gasteiger partial charge < -0.3 is 16.0 Å². The zero-order valence-corrected chi connectivity index (χ0v) is 13.0. The predicted molar refractivity (Wildman–Crippen MR) is 82.5 cm³/mol. The summed E-state index contributed by atoms with van der Waals surface area (Å²) in [5, 5.41) is 3.49. The SMILES string of the molecule is CCCNC1(C(N)=O)CCCC1CCN1CCCCC1. The monoisotopic (exact) mass is 281 g/mol. The zero-order valence-electron chi connectivity index (χ0n) is 13.0. The van der Waals surface area contributed by atoms with Gasteiger partial charge in [-0.15, -0.1) is 0 Å². The van der Waals surface area contributed by atoms with Crippen LogP contribution in [0.25, 0.3) is 0 Å². The number of rotatable bonds is 7. The van der Waals surface area contributed by atoms with E-state index in [1.807, 2.05) is 0 Å². The molecule has 20 heavy (non-hydrogen) atoms. The highest BCUT2D eigenvalue weighted by Crippen LogP contribution is 2.38. The highest BCUT2D eigenvalue weighted by atomic mass is 16.1. The van der Waals surface area contributed by atoms with E-state index in [2.05, 4.69) is 17.1 Å². The third-order valence-electron chi connectivity index (χ3n) is 5.19. The summed E-state index contributed by atoms with van der Waals surface area (Å²) >= 11 is 0. The van der Waals surface area contributed by atoms with E-state index in [0.717, 1.165) is 45.2 Å². The number of likely N-dealkylation sites (tertiary alicyclic amines) is 1. The van der Waals surface area contributed by atoms with Crippen molar-refractivity contribution in [1.29, 1.82) is 0 Å². The quantitative estimate of drug-likeness (QED) is 0.749. The highest BCUT2D eigenvalue weighted by molar-refractivity contribution is 5.85. The van der Waals surface area contributed by atoms with E-state index < -0.39 is 5.54 Å². The molecule has 4 nitrogen and oxygen atoms in total. The van der Waals surface area contributed by atoms with E-state index in [9.17, 15) is 4.79 Å². The third-order valence-corrected chi connectivity index (χ3v) is 5.19. The first-order valence-electron chi connectivity index (χ1n) is 8.46. The van der Waals surface area contributed by atoms with Crippen LogP contribution in [0.3, 0.4) is 0 Å². The lowest BCUT2D eigenvalue weighted by atomic mass is 9.83. The van der Waals surface area contributed by atoms with Gasteiger partial charge in [0.05, 0.1) is 0 Å². The lowest BCUT2D eigenvalue weighted by Gasteiger charge is -2.35. The maximum Gasteiger partial charge on any atom is 0.238 e. The Morgan fingerprint density at radius 1 is 1.30 bits per heavy atom. The Labute approximate surface area is 123 Å². The summed E-state index contributed by atoms with van der Waals surface area (Å²) in [6.07, 6.45) is 9.40. The molecule has 1 aliphatic heterocycles. The zero-order chi connectivity index (χ0) is 14.4. The normalized spacial score (nSPS) is 31.6. The van der Waals surface area contributed by atoms with Gasteiger partial charge in [-0.2, -0.15) is 0 Å². The topological polar surface area (TPSA) is 58.4 Å². The first kappa shape index (κ1) is 15.8. The predicted octanol–water partition coefficient (Wildman–Crippen LogP) is 1.89. The molecular weight excluding hydrogens is 250 g/mol. The number of carbonyl (C=O) groups excluding carboxylic acids is 1. The van der Waals surface area contributed by atoms with Gasteiger partial charge in [0.15, 0.2) is 0 Å². The second-order valence-corrected chi connectivity index (χ2v) is 6.54. The summed E-state index contributed by atoms with van der Waals surface area (Å²) in [6.45, 7) is 6.63. The lowest BCUT2D eigenvalue weighted by molar-refractivity contribution is -0.126. The van der Waals surface area contributed by atoms with Crippen LogP contribution in [0.15, 0.2) is 0 Å². The van der Waals surface area contributed by atoms with Gasteiger partial charge in [0.2, 0.25) is 5.91 Å². The molecule has 0 aromatic carbocycles. The Balaban J connectivity index is 1.91. The van der Waals surface area contributed by atoms with Gasteiger partial charge in [0.25, 0.3) is 0 Å². The molecule has 0 radical (unpaired) electrons. The smallest absolute Gasteiger partial charge is 0.238 e. The Hall–Kier alpha value is -0.610. The van der Waals surface area contributed by atoms with Crippen molar-refractivity contribution in [3.05, 3.63) is 0 Å². The van der Waals surface area contributed by atoms with Crippen molar-refractivity contribution in [1.82, 2.24) is 10.2 Å². The second kappa shape index (κ2) is 7.41. The average Bonchev–Trinajstić information content (AvgIpc) is 2.88. The molecule has 2 rings (SSSR count). The average molecular weight is 281 g/mol. The molecule has 2 unspecified atom stereocenters. The van der Waals surface area contributed by atoms with Gasteiger partial charge in [-0.05, 0) is 70.6 Å². The van der Waals surface area contributed by atoms with E-state index in [0.29, 0.717) is 5.92 Å². The van der Waals surface area contributed by atoms with Gasteiger partial charge >= 0.3 is 0 Å². The number of piperidine rings is 1. The molecule has 1 saturated carbocycles. The number of nitrogens with zero attached hydrogens (tertiary/aromatic N) is 1. The van der Waals surface area contributed by atoms with E-state index in [-0.39, 0.29) is 5.91 Å². The van der Waals surface area contributed by atoms with Crippen LogP contribution in [0.2, 0.25) is 0 Å². The summed E-state index contributed by atoms with van der Waals surface area (Å²) in [4.78, 5) is 14.6. The van der Waals surface area contributed by atoms with Gasteiger partial charge in [0.1, 0.15) is 5.54 Å². The van der Waals surface area contributed by atoms with Gasteiger partial charge in [-0.1, -0.05) is 19.8 Å². The Kier molecular flexibility index (Phi) is 5.85. The Morgan fingerprint density at radius 3 is 2.70 bits per heavy atom. The first-order chi connectivity index (χ1) is 9.69.